The zero-order valence-electron chi connectivity index (χ0n) is 9.36. The molecule has 2 heterocycles. The summed E-state index contributed by atoms with van der Waals surface area (Å²) >= 11 is 0. The topological polar surface area (TPSA) is 33.6 Å². The Kier molecular flexibility index (Phi) is 1.86. The van der Waals surface area contributed by atoms with Crippen molar-refractivity contribution in [1.29, 1.82) is 0 Å². The molecule has 80 valence electrons. The number of benzene rings is 1. The summed E-state index contributed by atoms with van der Waals surface area (Å²) in [4.78, 5) is 3.28. The average Bonchev–Trinajstić information content (AvgIpc) is 2.81. The molecule has 3 aromatic rings. The lowest BCUT2D eigenvalue weighted by Crippen LogP contribution is -1.92. The van der Waals surface area contributed by atoms with Crippen molar-refractivity contribution in [2.45, 2.75) is 6.92 Å². The van der Waals surface area contributed by atoms with Crippen LogP contribution in [0.3, 0.4) is 0 Å². The van der Waals surface area contributed by atoms with E-state index in [1.165, 1.54) is 10.9 Å². The van der Waals surface area contributed by atoms with Crippen LogP contribution in [0.1, 0.15) is 5.69 Å². The quantitative estimate of drug-likeness (QED) is 0.659. The van der Waals surface area contributed by atoms with E-state index in [0.29, 0.717) is 0 Å². The highest BCUT2D eigenvalue weighted by molar-refractivity contribution is 5.94. The predicted molar refractivity (Wildman–Crippen MR) is 65.2 cm³/mol. The summed E-state index contributed by atoms with van der Waals surface area (Å²) in [6.07, 6.45) is 2.04. The van der Waals surface area contributed by atoms with Gasteiger partial charge in [-0.1, -0.05) is 18.2 Å². The van der Waals surface area contributed by atoms with Crippen LogP contribution in [0, 0.1) is 6.92 Å². The smallest absolute Gasteiger partial charge is 0.0703 e. The molecule has 0 saturated carbocycles. The van der Waals surface area contributed by atoms with Gasteiger partial charge in [0, 0.05) is 29.7 Å². The number of nitrogens with zero attached hydrogens (tertiary/aromatic N) is 2. The first-order chi connectivity index (χ1) is 7.75. The van der Waals surface area contributed by atoms with E-state index in [1.54, 1.807) is 0 Å². The lowest BCUT2D eigenvalue weighted by atomic mass is 10.1. The molecule has 0 saturated heterocycles. The second kappa shape index (κ2) is 3.23. The van der Waals surface area contributed by atoms with E-state index in [9.17, 15) is 0 Å². The van der Waals surface area contributed by atoms with Gasteiger partial charge in [-0.3, -0.25) is 4.68 Å². The van der Waals surface area contributed by atoms with Crippen molar-refractivity contribution in [3.8, 4) is 11.3 Å². The van der Waals surface area contributed by atoms with Gasteiger partial charge in [0.1, 0.15) is 0 Å². The van der Waals surface area contributed by atoms with Crippen molar-refractivity contribution in [2.75, 3.05) is 0 Å². The third-order valence-electron chi connectivity index (χ3n) is 2.87. The van der Waals surface area contributed by atoms with Crippen LogP contribution in [0.25, 0.3) is 22.2 Å². The van der Waals surface area contributed by atoms with Gasteiger partial charge in [-0.15, -0.1) is 0 Å². The fraction of sp³-hybridized carbons (Fsp3) is 0.154. The monoisotopic (exact) mass is 211 g/mol. The second-order valence-electron chi connectivity index (χ2n) is 4.04. The maximum Gasteiger partial charge on any atom is 0.0703 e. The number of aromatic nitrogens is 3. The van der Waals surface area contributed by atoms with Gasteiger partial charge in [-0.2, -0.15) is 5.10 Å². The molecule has 0 bridgehead atoms. The number of aromatic amines is 1. The second-order valence-corrected chi connectivity index (χ2v) is 4.04. The van der Waals surface area contributed by atoms with E-state index < -0.39 is 0 Å². The molecule has 3 rings (SSSR count). The summed E-state index contributed by atoms with van der Waals surface area (Å²) in [6, 6.07) is 10.4. The zero-order valence-corrected chi connectivity index (χ0v) is 9.36. The molecule has 3 heteroatoms. The van der Waals surface area contributed by atoms with Gasteiger partial charge in [-0.25, -0.2) is 0 Å². The van der Waals surface area contributed by atoms with Gasteiger partial charge in [0.25, 0.3) is 0 Å². The van der Waals surface area contributed by atoms with Crippen LogP contribution in [-0.2, 0) is 7.05 Å². The Morgan fingerprint density at radius 3 is 2.81 bits per heavy atom. The van der Waals surface area contributed by atoms with E-state index >= 15 is 0 Å². The molecule has 0 amide bonds. The highest BCUT2D eigenvalue weighted by atomic mass is 15.3. The number of fused-ring (bicyclic) bond motifs is 1. The van der Waals surface area contributed by atoms with Gasteiger partial charge in [-0.05, 0) is 19.1 Å². The number of hydrogen-bond donors (Lipinski definition) is 1. The van der Waals surface area contributed by atoms with E-state index in [4.69, 9.17) is 0 Å². The van der Waals surface area contributed by atoms with Crippen LogP contribution >= 0.6 is 0 Å². The van der Waals surface area contributed by atoms with E-state index in [1.807, 2.05) is 30.9 Å². The molecule has 0 radical (unpaired) electrons. The van der Waals surface area contributed by atoms with E-state index in [0.717, 1.165) is 16.9 Å². The van der Waals surface area contributed by atoms with Crippen LogP contribution in [0.4, 0.5) is 0 Å². The molecule has 3 nitrogen and oxygen atoms in total. The first-order valence-corrected chi connectivity index (χ1v) is 5.33. The van der Waals surface area contributed by atoms with Crippen LogP contribution < -0.4 is 0 Å². The third kappa shape index (κ3) is 1.25. The normalized spacial score (nSPS) is 11.1. The molecule has 0 aliphatic carbocycles. The van der Waals surface area contributed by atoms with Crippen molar-refractivity contribution in [3.05, 3.63) is 42.2 Å². The average molecular weight is 211 g/mol. The molecule has 0 atom stereocenters. The number of H-pyrrole nitrogens is 1. The van der Waals surface area contributed by atoms with Crippen LogP contribution in [-0.4, -0.2) is 14.8 Å². The van der Waals surface area contributed by atoms with Gasteiger partial charge in [0.2, 0.25) is 0 Å². The number of para-hydroxylation sites is 1. The van der Waals surface area contributed by atoms with Crippen molar-refractivity contribution >= 4 is 10.9 Å². The maximum absolute atomic E-state index is 4.38. The van der Waals surface area contributed by atoms with Crippen LogP contribution in [0.2, 0.25) is 0 Å². The first kappa shape index (κ1) is 9.21. The molecule has 2 aromatic heterocycles. The Hall–Kier alpha value is -2.03. The van der Waals surface area contributed by atoms with Crippen LogP contribution in [0.5, 0.6) is 0 Å². The summed E-state index contributed by atoms with van der Waals surface area (Å²) in [7, 11) is 1.98. The minimum absolute atomic E-state index is 1.04. The Morgan fingerprint density at radius 2 is 2.06 bits per heavy atom. The molecule has 16 heavy (non-hydrogen) atoms. The summed E-state index contributed by atoms with van der Waals surface area (Å²) in [6.45, 7) is 2.01. The highest BCUT2D eigenvalue weighted by Gasteiger charge is 2.09. The SMILES string of the molecule is Cc1cc(-c2c[nH]c3ccccc23)n(C)n1. The zero-order chi connectivity index (χ0) is 11.1. The van der Waals surface area contributed by atoms with Crippen molar-refractivity contribution in [2.24, 2.45) is 7.05 Å². The van der Waals surface area contributed by atoms with Gasteiger partial charge in [0.05, 0.1) is 11.4 Å². The minimum Gasteiger partial charge on any atom is -0.360 e. The molecule has 0 aliphatic heterocycles. The fourth-order valence-corrected chi connectivity index (χ4v) is 2.15. The Bertz CT molecular complexity index is 646. The lowest BCUT2D eigenvalue weighted by molar-refractivity contribution is 0.764. The molecule has 0 unspecified atom stereocenters. The van der Waals surface area contributed by atoms with Crippen molar-refractivity contribution in [1.82, 2.24) is 14.8 Å². The van der Waals surface area contributed by atoms with E-state index in [-0.39, 0.29) is 0 Å². The van der Waals surface area contributed by atoms with Gasteiger partial charge >= 0.3 is 0 Å². The molecule has 1 N–H and O–H groups in total. The number of rotatable bonds is 1. The molecular formula is C13H13N3. The van der Waals surface area contributed by atoms with Gasteiger partial charge in [0.15, 0.2) is 0 Å². The maximum atomic E-state index is 4.38. The number of aryl methyl sites for hydroxylation is 2. The standard InChI is InChI=1S/C13H13N3/c1-9-7-13(16(2)15-9)11-8-14-12-6-4-3-5-10(11)12/h3-8,14H,1-2H3. The predicted octanol–water partition coefficient (Wildman–Crippen LogP) is 2.88. The fourth-order valence-electron chi connectivity index (χ4n) is 2.15. The summed E-state index contributed by atoms with van der Waals surface area (Å²) in [5, 5.41) is 5.62. The summed E-state index contributed by atoms with van der Waals surface area (Å²) < 4.78 is 1.92. The molecule has 0 aliphatic rings. The van der Waals surface area contributed by atoms with Crippen molar-refractivity contribution in [3.63, 3.8) is 0 Å². The van der Waals surface area contributed by atoms with E-state index in [2.05, 4.69) is 34.3 Å². The van der Waals surface area contributed by atoms with Crippen LogP contribution in [0.15, 0.2) is 36.5 Å². The third-order valence-corrected chi connectivity index (χ3v) is 2.87. The summed E-state index contributed by atoms with van der Waals surface area (Å²) in [5.41, 5.74) is 4.56. The van der Waals surface area contributed by atoms with Crippen molar-refractivity contribution < 1.29 is 0 Å². The lowest BCUT2D eigenvalue weighted by Gasteiger charge is -1.99. The summed E-state index contributed by atoms with van der Waals surface area (Å²) in [5.74, 6) is 0. The molecule has 1 aromatic carbocycles. The Balaban J connectivity index is 2.30. The first-order valence-electron chi connectivity index (χ1n) is 5.33. The highest BCUT2D eigenvalue weighted by Crippen LogP contribution is 2.28. The minimum atomic E-state index is 1.04. The number of nitrogens with one attached hydrogen (secondary N) is 1. The Labute approximate surface area is 93.7 Å². The molecule has 0 fully saturated rings. The Morgan fingerprint density at radius 1 is 1.25 bits per heavy atom. The van der Waals surface area contributed by atoms with Gasteiger partial charge < -0.3 is 4.98 Å². The molecular weight excluding hydrogens is 198 g/mol. The largest absolute Gasteiger partial charge is 0.360 e. The number of hydrogen-bond acceptors (Lipinski definition) is 1. The molecule has 0 spiro atoms.